The Bertz CT molecular complexity index is 3400. The van der Waals surface area contributed by atoms with E-state index in [-0.39, 0.29) is 0 Å². The lowest BCUT2D eigenvalue weighted by molar-refractivity contribution is 0.740. The quantitative estimate of drug-likeness (QED) is 0.0296. The molecular formula is C90H108N2. The van der Waals surface area contributed by atoms with Crippen molar-refractivity contribution in [2.45, 2.75) is 113 Å². The van der Waals surface area contributed by atoms with Crippen molar-refractivity contribution in [1.82, 2.24) is 5.32 Å². The van der Waals surface area contributed by atoms with Crippen LogP contribution in [0.25, 0.3) is 17.2 Å². The Morgan fingerprint density at radius 2 is 1.35 bits per heavy atom. The Morgan fingerprint density at radius 3 is 1.90 bits per heavy atom. The van der Waals surface area contributed by atoms with Crippen molar-refractivity contribution in [3.63, 3.8) is 0 Å². The number of hydrogen-bond donors (Lipinski definition) is 2. The molecule has 0 heterocycles. The second-order valence-electron chi connectivity index (χ2n) is 22.2. The van der Waals surface area contributed by atoms with E-state index in [4.69, 9.17) is 0 Å². The molecule has 0 saturated carbocycles. The molecule has 0 saturated heterocycles. The third kappa shape index (κ3) is 34.6. The van der Waals surface area contributed by atoms with Gasteiger partial charge in [0.1, 0.15) is 0 Å². The Hall–Kier alpha value is -9.34. The first kappa shape index (κ1) is 76.9. The van der Waals surface area contributed by atoms with Crippen LogP contribution in [-0.4, -0.2) is 13.1 Å². The van der Waals surface area contributed by atoms with Crippen LogP contribution in [0.1, 0.15) is 122 Å². The number of allylic oxidation sites excluding steroid dienone is 31. The number of unbranched alkanes of at least 4 members (excludes halogenated alkanes) is 1. The second kappa shape index (κ2) is 50.4. The van der Waals surface area contributed by atoms with E-state index in [0.29, 0.717) is 11.8 Å². The number of aryl methyl sites for hydroxylation is 1. The second-order valence-corrected chi connectivity index (χ2v) is 22.2. The molecule has 2 aliphatic carbocycles. The molecule has 0 aromatic heterocycles. The first-order valence-corrected chi connectivity index (χ1v) is 33.1. The Balaban J connectivity index is 0.000000485. The van der Waals surface area contributed by atoms with Gasteiger partial charge in [0.05, 0.1) is 0 Å². The van der Waals surface area contributed by atoms with Crippen LogP contribution >= 0.6 is 0 Å². The molecule has 5 aromatic carbocycles. The van der Waals surface area contributed by atoms with Gasteiger partial charge in [-0.1, -0.05) is 355 Å². The van der Waals surface area contributed by atoms with E-state index in [1.165, 1.54) is 74.1 Å². The fraction of sp³-hybridized carbons (Fsp3) is 0.222. The largest absolute Gasteiger partial charge is 0.356 e. The SMILES string of the molecule is C=C/C=C(/C)C=C.C=C/C=C(\C=C/Cc1ccccc1)Nc1ccc(-c2ccc(/C=C\C(=C/CCNCC(=C\C=C/C)/C(/C=C\C(/C=C\C)CC)=C/C)C3=CC=CCC3)cc2)cc1.C=C/C=C/C=C\CCC.CC1=CCC(c2ccccc2)C=C1.Cc1ccccc1. The fourth-order valence-electron chi connectivity index (χ4n) is 9.41. The maximum absolute atomic E-state index is 3.90. The molecule has 0 spiro atoms. The monoisotopic (exact) mass is 1220 g/mol. The van der Waals surface area contributed by atoms with Crippen molar-refractivity contribution in [3.05, 3.63) is 397 Å². The van der Waals surface area contributed by atoms with Crippen molar-refractivity contribution in [2.24, 2.45) is 5.92 Å². The third-order valence-electron chi connectivity index (χ3n) is 14.8. The van der Waals surface area contributed by atoms with Gasteiger partial charge < -0.3 is 10.6 Å². The summed E-state index contributed by atoms with van der Waals surface area (Å²) in [6.45, 7) is 33.2. The van der Waals surface area contributed by atoms with E-state index in [1.54, 1.807) is 18.2 Å². The molecule has 2 nitrogen and oxygen atoms in total. The van der Waals surface area contributed by atoms with Crippen molar-refractivity contribution in [3.8, 4) is 11.1 Å². The van der Waals surface area contributed by atoms with Gasteiger partial charge >= 0.3 is 0 Å². The van der Waals surface area contributed by atoms with Gasteiger partial charge in [0.25, 0.3) is 0 Å². The molecule has 2 aliphatic rings. The number of anilines is 1. The van der Waals surface area contributed by atoms with Gasteiger partial charge in [-0.15, -0.1) is 0 Å². The summed E-state index contributed by atoms with van der Waals surface area (Å²) in [5.74, 6) is 1.05. The van der Waals surface area contributed by atoms with E-state index in [2.05, 4.69) is 322 Å². The molecular weight excluding hydrogens is 1110 g/mol. The Kier molecular flexibility index (Phi) is 42.1. The number of nitrogens with one attached hydrogen (secondary N) is 2. The van der Waals surface area contributed by atoms with Gasteiger partial charge in [-0.25, -0.2) is 0 Å². The van der Waals surface area contributed by atoms with Crippen LogP contribution in [0.15, 0.2) is 375 Å². The predicted molar refractivity (Wildman–Crippen MR) is 414 cm³/mol. The minimum atomic E-state index is 0.461. The molecule has 7 rings (SSSR count). The van der Waals surface area contributed by atoms with Crippen molar-refractivity contribution in [2.75, 3.05) is 18.4 Å². The highest BCUT2D eigenvalue weighted by Crippen LogP contribution is 2.28. The number of rotatable bonds is 28. The lowest BCUT2D eigenvalue weighted by Gasteiger charge is -2.14. The summed E-state index contributed by atoms with van der Waals surface area (Å²) < 4.78 is 0. The predicted octanol–water partition coefficient (Wildman–Crippen LogP) is 25.5. The van der Waals surface area contributed by atoms with Gasteiger partial charge in [-0.05, 0) is 173 Å². The first-order valence-electron chi connectivity index (χ1n) is 33.1. The van der Waals surface area contributed by atoms with Crippen molar-refractivity contribution in [1.29, 1.82) is 0 Å². The van der Waals surface area contributed by atoms with Gasteiger partial charge in [0.15, 0.2) is 0 Å². The summed E-state index contributed by atoms with van der Waals surface area (Å²) >= 11 is 0. The average Bonchev–Trinajstić information content (AvgIpc) is 1.44. The lowest BCUT2D eigenvalue weighted by atomic mass is 9.91. The van der Waals surface area contributed by atoms with Gasteiger partial charge in [0.2, 0.25) is 0 Å². The minimum Gasteiger partial charge on any atom is -0.356 e. The summed E-state index contributed by atoms with van der Waals surface area (Å²) in [5, 5.41) is 7.24. The van der Waals surface area contributed by atoms with Gasteiger partial charge in [0, 0.05) is 23.8 Å². The highest BCUT2D eigenvalue weighted by molar-refractivity contribution is 5.69. The smallest absolute Gasteiger partial charge is 0.0384 e. The summed E-state index contributed by atoms with van der Waals surface area (Å²) in [6.07, 6.45) is 70.2. The minimum absolute atomic E-state index is 0.461. The molecule has 92 heavy (non-hydrogen) atoms. The zero-order valence-electron chi connectivity index (χ0n) is 57.1. The standard InChI is InChI=1S/C54H62N2.C13H14.C9H14.C7H8.C7H10/c1-6-11-25-52(47(10-5)34-30-44(9-4)20-7-2)43-55-42-19-28-49(48-26-16-13-17-27-48)35-31-46-32-36-50(37-33-46)51-38-40-54(41-39-51)56-53(21-8-3)29-18-24-45-22-14-12-15-23-45;1-11-7-9-13(10-8-11)12-5-3-2-4-6-12;1-3-5-7-9-8-6-4-2;1-7-5-3-2-4-6-7;1-4-6-7(3)5-2/h6-8,10-16,18,20-23,25-26,28-41,44,55-56H,3,9,17,19,24,27,42-43H2,1-2,4-5H3;2-9,13H,10H2,1H3;3,5,7-9H,1,4,6H2,2H3;2-6H,1H3;4-6H,1-2H2,3H3/b11-6-,20-7-,29-18-,34-30-,35-31-,47-10+,49-28+,52-25+,53-21+;;7-5+,9-8-;;7-6-. The third-order valence-corrected chi connectivity index (χ3v) is 14.8. The van der Waals surface area contributed by atoms with E-state index in [1.807, 2.05) is 67.6 Å². The van der Waals surface area contributed by atoms with Crippen LogP contribution in [0.2, 0.25) is 0 Å². The molecule has 0 radical (unpaired) electrons. The normalized spacial score (nSPS) is 14.8. The van der Waals surface area contributed by atoms with Crippen LogP contribution < -0.4 is 10.6 Å². The van der Waals surface area contributed by atoms with E-state index < -0.39 is 0 Å². The van der Waals surface area contributed by atoms with E-state index in [9.17, 15) is 0 Å². The maximum Gasteiger partial charge on any atom is 0.0384 e. The molecule has 2 unspecified atom stereocenters. The van der Waals surface area contributed by atoms with Crippen LogP contribution in [0.5, 0.6) is 0 Å². The molecule has 5 aromatic rings. The topological polar surface area (TPSA) is 24.1 Å². The molecule has 2 atom stereocenters. The van der Waals surface area contributed by atoms with Crippen LogP contribution in [0.4, 0.5) is 5.69 Å². The van der Waals surface area contributed by atoms with Crippen LogP contribution in [0, 0.1) is 12.8 Å². The highest BCUT2D eigenvalue weighted by atomic mass is 14.9. The fourth-order valence-corrected chi connectivity index (χ4v) is 9.41. The van der Waals surface area contributed by atoms with Crippen LogP contribution in [-0.2, 0) is 6.42 Å². The lowest BCUT2D eigenvalue weighted by Crippen LogP contribution is -2.18. The molecule has 0 aliphatic heterocycles. The maximum atomic E-state index is 3.90. The summed E-state index contributed by atoms with van der Waals surface area (Å²) in [7, 11) is 0. The summed E-state index contributed by atoms with van der Waals surface area (Å²) in [5.41, 5.74) is 17.4. The zero-order valence-corrected chi connectivity index (χ0v) is 57.1. The van der Waals surface area contributed by atoms with Crippen molar-refractivity contribution >= 4 is 11.8 Å². The number of hydrogen-bond acceptors (Lipinski definition) is 2. The van der Waals surface area contributed by atoms with Gasteiger partial charge in [-0.2, -0.15) is 0 Å². The zero-order chi connectivity index (χ0) is 66.5. The Morgan fingerprint density at radius 1 is 0.663 bits per heavy atom. The van der Waals surface area contributed by atoms with Gasteiger partial charge in [-0.3, -0.25) is 0 Å². The average molecular weight is 1220 g/mol. The molecule has 478 valence electrons. The summed E-state index contributed by atoms with van der Waals surface area (Å²) in [4.78, 5) is 0. The highest BCUT2D eigenvalue weighted by Gasteiger charge is 2.09. The molecule has 2 N–H and O–H groups in total. The van der Waals surface area contributed by atoms with Crippen molar-refractivity contribution < 1.29 is 0 Å². The Labute approximate surface area is 559 Å². The van der Waals surface area contributed by atoms with Crippen LogP contribution in [0.3, 0.4) is 0 Å². The van der Waals surface area contributed by atoms with E-state index in [0.717, 1.165) is 68.6 Å². The molecule has 0 fully saturated rings. The van der Waals surface area contributed by atoms with E-state index >= 15 is 0 Å². The summed E-state index contributed by atoms with van der Waals surface area (Å²) in [6, 6.07) is 48.9. The number of benzene rings is 5. The first-order chi connectivity index (χ1) is 45.0. The molecule has 2 heteroatoms. The molecule has 0 bridgehead atoms. The molecule has 0 amide bonds.